The van der Waals surface area contributed by atoms with Gasteiger partial charge in [-0.2, -0.15) is 0 Å². The van der Waals surface area contributed by atoms with Gasteiger partial charge < -0.3 is 19.5 Å². The molecule has 0 saturated heterocycles. The number of halogens is 1. The SMILES string of the molecule is COc1ccc(OC)c(C(C)NC(=O)CCOc2ccc(F)cc2)c1. The van der Waals surface area contributed by atoms with Crippen LogP contribution in [0, 0.1) is 5.82 Å². The smallest absolute Gasteiger partial charge is 0.223 e. The van der Waals surface area contributed by atoms with E-state index in [1.165, 1.54) is 24.3 Å². The Morgan fingerprint density at radius 1 is 1.08 bits per heavy atom. The topological polar surface area (TPSA) is 56.8 Å². The summed E-state index contributed by atoms with van der Waals surface area (Å²) in [4.78, 5) is 12.1. The summed E-state index contributed by atoms with van der Waals surface area (Å²) in [6.45, 7) is 2.08. The van der Waals surface area contributed by atoms with Gasteiger partial charge in [0.2, 0.25) is 5.91 Å². The van der Waals surface area contributed by atoms with Gasteiger partial charge in [-0.25, -0.2) is 4.39 Å². The molecular weight excluding hydrogens is 325 g/mol. The van der Waals surface area contributed by atoms with E-state index in [9.17, 15) is 9.18 Å². The van der Waals surface area contributed by atoms with Gasteiger partial charge in [-0.3, -0.25) is 4.79 Å². The van der Waals surface area contributed by atoms with E-state index in [1.54, 1.807) is 26.4 Å². The summed E-state index contributed by atoms with van der Waals surface area (Å²) >= 11 is 0. The second-order valence-electron chi connectivity index (χ2n) is 5.45. The molecule has 2 aromatic rings. The minimum atomic E-state index is -0.328. The number of methoxy groups -OCH3 is 2. The Morgan fingerprint density at radius 3 is 2.40 bits per heavy atom. The fourth-order valence-electron chi connectivity index (χ4n) is 2.36. The third-order valence-electron chi connectivity index (χ3n) is 3.69. The van der Waals surface area contributed by atoms with Gasteiger partial charge in [0, 0.05) is 5.56 Å². The monoisotopic (exact) mass is 347 g/mol. The van der Waals surface area contributed by atoms with E-state index >= 15 is 0 Å². The van der Waals surface area contributed by atoms with Crippen LogP contribution in [-0.2, 0) is 4.79 Å². The molecule has 0 saturated carbocycles. The second kappa shape index (κ2) is 8.92. The van der Waals surface area contributed by atoms with Crippen LogP contribution in [0.25, 0.3) is 0 Å². The summed E-state index contributed by atoms with van der Waals surface area (Å²) in [6.07, 6.45) is 0.188. The maximum Gasteiger partial charge on any atom is 0.223 e. The summed E-state index contributed by atoms with van der Waals surface area (Å²) in [5.74, 6) is 1.41. The van der Waals surface area contributed by atoms with Crippen molar-refractivity contribution in [1.29, 1.82) is 0 Å². The molecular formula is C19H22FNO4. The van der Waals surface area contributed by atoms with Gasteiger partial charge in [0.05, 0.1) is 33.3 Å². The molecule has 0 aliphatic heterocycles. The molecule has 25 heavy (non-hydrogen) atoms. The van der Waals surface area contributed by atoms with Gasteiger partial charge in [0.25, 0.3) is 0 Å². The molecule has 2 aromatic carbocycles. The molecule has 0 bridgehead atoms. The molecule has 5 nitrogen and oxygen atoms in total. The van der Waals surface area contributed by atoms with Crippen LogP contribution in [0.5, 0.6) is 17.2 Å². The van der Waals surface area contributed by atoms with Crippen molar-refractivity contribution in [1.82, 2.24) is 5.32 Å². The average molecular weight is 347 g/mol. The normalized spacial score (nSPS) is 11.5. The fourth-order valence-corrected chi connectivity index (χ4v) is 2.36. The third-order valence-corrected chi connectivity index (χ3v) is 3.69. The van der Waals surface area contributed by atoms with Gasteiger partial charge in [-0.15, -0.1) is 0 Å². The zero-order chi connectivity index (χ0) is 18.2. The van der Waals surface area contributed by atoms with Crippen molar-refractivity contribution in [2.45, 2.75) is 19.4 Å². The largest absolute Gasteiger partial charge is 0.497 e. The van der Waals surface area contributed by atoms with Crippen LogP contribution >= 0.6 is 0 Å². The van der Waals surface area contributed by atoms with Gasteiger partial charge in [-0.1, -0.05) is 0 Å². The summed E-state index contributed by atoms with van der Waals surface area (Å²) in [7, 11) is 3.16. The Balaban J connectivity index is 1.88. The molecule has 0 spiro atoms. The van der Waals surface area contributed by atoms with Crippen molar-refractivity contribution < 1.29 is 23.4 Å². The molecule has 0 fully saturated rings. The summed E-state index contributed by atoms with van der Waals surface area (Å²) in [5, 5.41) is 2.90. The number of carbonyl (C=O) groups is 1. The Kier molecular flexibility index (Phi) is 6.62. The molecule has 0 radical (unpaired) electrons. The average Bonchev–Trinajstić information content (AvgIpc) is 2.62. The molecule has 1 amide bonds. The predicted molar refractivity (Wildman–Crippen MR) is 92.6 cm³/mol. The first-order chi connectivity index (χ1) is 12.0. The van der Waals surface area contributed by atoms with Crippen molar-refractivity contribution in [2.24, 2.45) is 0 Å². The predicted octanol–water partition coefficient (Wildman–Crippen LogP) is 3.49. The minimum absolute atomic E-state index is 0.153. The first-order valence-corrected chi connectivity index (χ1v) is 7.93. The molecule has 0 heterocycles. The summed E-state index contributed by atoms with van der Waals surface area (Å²) in [6, 6.07) is 10.9. The quantitative estimate of drug-likeness (QED) is 0.794. The highest BCUT2D eigenvalue weighted by molar-refractivity contribution is 5.76. The molecule has 6 heteroatoms. The lowest BCUT2D eigenvalue weighted by molar-refractivity contribution is -0.122. The zero-order valence-corrected chi connectivity index (χ0v) is 14.5. The highest BCUT2D eigenvalue weighted by atomic mass is 19.1. The second-order valence-corrected chi connectivity index (χ2v) is 5.45. The van der Waals surface area contributed by atoms with Gasteiger partial charge >= 0.3 is 0 Å². The van der Waals surface area contributed by atoms with E-state index in [0.29, 0.717) is 17.2 Å². The van der Waals surface area contributed by atoms with E-state index in [0.717, 1.165) is 5.56 Å². The summed E-state index contributed by atoms with van der Waals surface area (Å²) < 4.78 is 28.8. The first kappa shape index (κ1) is 18.6. The lowest BCUT2D eigenvalue weighted by Gasteiger charge is -2.18. The van der Waals surface area contributed by atoms with Crippen molar-refractivity contribution >= 4 is 5.91 Å². The van der Waals surface area contributed by atoms with Crippen LogP contribution in [0.2, 0.25) is 0 Å². The number of carbonyl (C=O) groups excluding carboxylic acids is 1. The van der Waals surface area contributed by atoms with Crippen LogP contribution < -0.4 is 19.5 Å². The lowest BCUT2D eigenvalue weighted by atomic mass is 10.1. The molecule has 2 rings (SSSR count). The van der Waals surface area contributed by atoms with Crippen LogP contribution in [0.15, 0.2) is 42.5 Å². The Hall–Kier alpha value is -2.76. The first-order valence-electron chi connectivity index (χ1n) is 7.93. The number of hydrogen-bond acceptors (Lipinski definition) is 4. The van der Waals surface area contributed by atoms with E-state index in [2.05, 4.69) is 5.32 Å². The highest BCUT2D eigenvalue weighted by Crippen LogP contribution is 2.29. The van der Waals surface area contributed by atoms with Crippen LogP contribution in [0.4, 0.5) is 4.39 Å². The number of amides is 1. The number of rotatable bonds is 8. The van der Waals surface area contributed by atoms with Crippen molar-refractivity contribution in [3.05, 3.63) is 53.8 Å². The van der Waals surface area contributed by atoms with Crippen LogP contribution in [0.1, 0.15) is 24.9 Å². The Labute approximate surface area is 146 Å². The molecule has 1 unspecified atom stereocenters. The number of ether oxygens (including phenoxy) is 3. The summed E-state index contributed by atoms with van der Waals surface area (Å²) in [5.41, 5.74) is 0.828. The molecule has 1 atom stereocenters. The molecule has 0 aromatic heterocycles. The van der Waals surface area contributed by atoms with Crippen molar-refractivity contribution in [2.75, 3.05) is 20.8 Å². The Bertz CT molecular complexity index is 703. The lowest BCUT2D eigenvalue weighted by Crippen LogP contribution is -2.28. The maximum absolute atomic E-state index is 12.8. The Morgan fingerprint density at radius 2 is 1.76 bits per heavy atom. The van der Waals surface area contributed by atoms with E-state index in [1.807, 2.05) is 13.0 Å². The van der Waals surface area contributed by atoms with Crippen LogP contribution in [-0.4, -0.2) is 26.7 Å². The fraction of sp³-hybridized carbons (Fsp3) is 0.316. The van der Waals surface area contributed by atoms with Gasteiger partial charge in [0.1, 0.15) is 23.1 Å². The molecule has 1 N–H and O–H groups in total. The molecule has 0 aliphatic rings. The standard InChI is InChI=1S/C19H22FNO4/c1-13(17-12-16(23-2)8-9-18(17)24-3)21-19(22)10-11-25-15-6-4-14(20)5-7-15/h4-9,12-13H,10-11H2,1-3H3,(H,21,22). The highest BCUT2D eigenvalue weighted by Gasteiger charge is 2.15. The number of hydrogen-bond donors (Lipinski definition) is 1. The zero-order valence-electron chi connectivity index (χ0n) is 14.5. The van der Waals surface area contributed by atoms with Crippen LogP contribution in [0.3, 0.4) is 0 Å². The van der Waals surface area contributed by atoms with E-state index in [-0.39, 0.29) is 30.8 Å². The van der Waals surface area contributed by atoms with E-state index < -0.39 is 0 Å². The third kappa shape index (κ3) is 5.38. The van der Waals surface area contributed by atoms with Crippen molar-refractivity contribution in [3.8, 4) is 17.2 Å². The minimum Gasteiger partial charge on any atom is -0.497 e. The number of nitrogens with one attached hydrogen (secondary N) is 1. The maximum atomic E-state index is 12.8. The van der Waals surface area contributed by atoms with Crippen molar-refractivity contribution in [3.63, 3.8) is 0 Å². The van der Waals surface area contributed by atoms with Gasteiger partial charge in [-0.05, 0) is 49.4 Å². The number of benzene rings is 2. The van der Waals surface area contributed by atoms with E-state index in [4.69, 9.17) is 14.2 Å². The van der Waals surface area contributed by atoms with Gasteiger partial charge in [0.15, 0.2) is 0 Å². The molecule has 0 aliphatic carbocycles. The molecule has 134 valence electrons.